The molecule has 0 spiro atoms. The number of nitrogens with zero attached hydrogens (tertiary/aromatic N) is 2. The number of para-hydroxylation sites is 1. The number of hydrogen-bond acceptors (Lipinski definition) is 3. The van der Waals surface area contributed by atoms with Crippen molar-refractivity contribution in [1.82, 2.24) is 9.97 Å². The lowest BCUT2D eigenvalue weighted by atomic mass is 9.86. The highest BCUT2D eigenvalue weighted by atomic mass is 16.5. The summed E-state index contributed by atoms with van der Waals surface area (Å²) in [4.78, 5) is 10.4. The molecule has 2 aliphatic rings. The maximum atomic E-state index is 6.17. The van der Waals surface area contributed by atoms with Gasteiger partial charge in [0.15, 0.2) is 0 Å². The molecular formula is C40H26N2O. The van der Waals surface area contributed by atoms with Gasteiger partial charge in [0, 0.05) is 33.4 Å². The first-order valence-corrected chi connectivity index (χ1v) is 14.7. The minimum atomic E-state index is 0.0611. The van der Waals surface area contributed by atoms with E-state index < -0.39 is 0 Å². The van der Waals surface area contributed by atoms with E-state index in [0.717, 1.165) is 50.1 Å². The average Bonchev–Trinajstić information content (AvgIpc) is 3.45. The molecule has 0 amide bonds. The highest BCUT2D eigenvalue weighted by molar-refractivity contribution is 6.05. The van der Waals surface area contributed by atoms with E-state index in [4.69, 9.17) is 14.7 Å². The van der Waals surface area contributed by atoms with Gasteiger partial charge in [0.1, 0.15) is 11.9 Å². The zero-order valence-electron chi connectivity index (χ0n) is 23.3. The Labute approximate surface area is 249 Å². The minimum absolute atomic E-state index is 0.0611. The van der Waals surface area contributed by atoms with Crippen LogP contribution in [0.15, 0.2) is 146 Å². The quantitative estimate of drug-likeness (QED) is 0.205. The molecule has 202 valence electrons. The predicted octanol–water partition coefficient (Wildman–Crippen LogP) is 9.77. The molecule has 0 saturated heterocycles. The van der Waals surface area contributed by atoms with E-state index in [1.807, 2.05) is 6.07 Å². The van der Waals surface area contributed by atoms with Gasteiger partial charge in [-0.1, -0.05) is 115 Å². The highest BCUT2D eigenvalue weighted by Gasteiger charge is 2.33. The fourth-order valence-corrected chi connectivity index (χ4v) is 6.63. The maximum absolute atomic E-state index is 6.17. The van der Waals surface area contributed by atoms with E-state index in [2.05, 4.69) is 140 Å². The summed E-state index contributed by atoms with van der Waals surface area (Å²) in [5, 5.41) is 4.58. The number of aromatic nitrogens is 2. The Morgan fingerprint density at radius 3 is 2.16 bits per heavy atom. The molecule has 43 heavy (non-hydrogen) atoms. The van der Waals surface area contributed by atoms with E-state index in [1.54, 1.807) is 0 Å². The average molecular weight is 551 g/mol. The summed E-state index contributed by atoms with van der Waals surface area (Å²) in [6, 6.07) is 44.7. The molecule has 0 bridgehead atoms. The van der Waals surface area contributed by atoms with Crippen LogP contribution in [0.3, 0.4) is 0 Å². The van der Waals surface area contributed by atoms with Crippen molar-refractivity contribution in [2.45, 2.75) is 12.0 Å². The summed E-state index contributed by atoms with van der Waals surface area (Å²) in [5.74, 6) is 1.21. The van der Waals surface area contributed by atoms with Crippen LogP contribution in [0.1, 0.15) is 17.0 Å². The van der Waals surface area contributed by atoms with Crippen LogP contribution in [0.4, 0.5) is 0 Å². The fourth-order valence-electron chi connectivity index (χ4n) is 6.63. The van der Waals surface area contributed by atoms with Gasteiger partial charge in [-0.05, 0) is 52.3 Å². The third-order valence-corrected chi connectivity index (χ3v) is 8.80. The standard InChI is InChI=1S/C40H26N2O/c1-2-11-31-25(7-1)8-6-13-32(31)36-21-18-27-16-15-26-17-20-35(41-39(26)40(27)42-36)30-10-5-9-28(23-30)29-19-22-38-34(24-29)33-12-3-4-14-37(33)43-38/h1-24,34,38H. The number of fused-ring (bicyclic) bond motifs is 7. The monoisotopic (exact) mass is 550 g/mol. The van der Waals surface area contributed by atoms with E-state index in [0.29, 0.717) is 0 Å². The number of ether oxygens (including phenoxy) is 1. The highest BCUT2D eigenvalue weighted by Crippen LogP contribution is 2.43. The largest absolute Gasteiger partial charge is 0.485 e. The molecule has 3 heteroatoms. The van der Waals surface area contributed by atoms with E-state index in [1.165, 1.54) is 27.5 Å². The van der Waals surface area contributed by atoms with Crippen molar-refractivity contribution in [3.8, 4) is 28.3 Å². The van der Waals surface area contributed by atoms with Crippen molar-refractivity contribution in [1.29, 1.82) is 0 Å². The Balaban J connectivity index is 1.13. The number of allylic oxidation sites excluding steroid dienone is 2. The molecule has 0 saturated carbocycles. The van der Waals surface area contributed by atoms with Crippen LogP contribution in [-0.2, 0) is 0 Å². The summed E-state index contributed by atoms with van der Waals surface area (Å²) in [7, 11) is 0. The second-order valence-corrected chi connectivity index (χ2v) is 11.3. The van der Waals surface area contributed by atoms with E-state index in [-0.39, 0.29) is 12.0 Å². The molecule has 7 aromatic rings. The SMILES string of the molecule is C1=CC2Oc3ccccc3C2C=C1c1cccc(-c2ccc3ccc4ccc(-c5cccc6ccccc56)nc4c3n2)c1. The first kappa shape index (κ1) is 24.1. The van der Waals surface area contributed by atoms with Crippen LogP contribution in [0, 0.1) is 0 Å². The third kappa shape index (κ3) is 3.97. The van der Waals surface area contributed by atoms with Crippen molar-refractivity contribution < 1.29 is 4.74 Å². The first-order valence-electron chi connectivity index (χ1n) is 14.7. The third-order valence-electron chi connectivity index (χ3n) is 8.80. The van der Waals surface area contributed by atoms with Crippen LogP contribution in [0.2, 0.25) is 0 Å². The summed E-state index contributed by atoms with van der Waals surface area (Å²) >= 11 is 0. The maximum Gasteiger partial charge on any atom is 0.128 e. The van der Waals surface area contributed by atoms with Crippen LogP contribution in [0.25, 0.3) is 60.7 Å². The molecule has 2 aromatic heterocycles. The lowest BCUT2D eigenvalue weighted by Crippen LogP contribution is -2.16. The Kier molecular flexibility index (Phi) is 5.32. The van der Waals surface area contributed by atoms with Crippen molar-refractivity contribution >= 4 is 38.2 Å². The molecule has 1 aliphatic heterocycles. The Bertz CT molecular complexity index is 2290. The lowest BCUT2D eigenvalue weighted by molar-refractivity contribution is 0.269. The van der Waals surface area contributed by atoms with Gasteiger partial charge in [-0.3, -0.25) is 0 Å². The summed E-state index contributed by atoms with van der Waals surface area (Å²) < 4.78 is 6.17. The fraction of sp³-hybridized carbons (Fsp3) is 0.0500. The molecule has 3 nitrogen and oxygen atoms in total. The normalized spacial score (nSPS) is 17.1. The van der Waals surface area contributed by atoms with Gasteiger partial charge in [-0.2, -0.15) is 0 Å². The van der Waals surface area contributed by atoms with Gasteiger partial charge in [-0.25, -0.2) is 9.97 Å². The summed E-state index contributed by atoms with van der Waals surface area (Å²) in [6.07, 6.45) is 6.78. The van der Waals surface area contributed by atoms with E-state index >= 15 is 0 Å². The first-order chi connectivity index (χ1) is 21.3. The Morgan fingerprint density at radius 1 is 0.558 bits per heavy atom. The zero-order valence-corrected chi connectivity index (χ0v) is 23.3. The summed E-state index contributed by atoms with van der Waals surface area (Å²) in [5.41, 5.74) is 9.58. The minimum Gasteiger partial charge on any atom is -0.485 e. The van der Waals surface area contributed by atoms with Crippen molar-refractivity contribution in [2.24, 2.45) is 0 Å². The molecule has 2 unspecified atom stereocenters. The molecule has 0 radical (unpaired) electrons. The topological polar surface area (TPSA) is 35.0 Å². The molecule has 0 N–H and O–H groups in total. The number of benzene rings is 5. The van der Waals surface area contributed by atoms with Crippen LogP contribution in [0.5, 0.6) is 5.75 Å². The second-order valence-electron chi connectivity index (χ2n) is 11.3. The molecule has 1 aliphatic carbocycles. The Morgan fingerprint density at radius 2 is 1.26 bits per heavy atom. The van der Waals surface area contributed by atoms with Gasteiger partial charge in [0.05, 0.1) is 22.4 Å². The summed E-state index contributed by atoms with van der Waals surface area (Å²) in [6.45, 7) is 0. The number of hydrogen-bond donors (Lipinski definition) is 0. The van der Waals surface area contributed by atoms with Crippen LogP contribution in [-0.4, -0.2) is 16.1 Å². The van der Waals surface area contributed by atoms with Gasteiger partial charge in [0.25, 0.3) is 0 Å². The second kappa shape index (κ2) is 9.50. The molecular weight excluding hydrogens is 524 g/mol. The predicted molar refractivity (Wildman–Crippen MR) is 176 cm³/mol. The van der Waals surface area contributed by atoms with Crippen molar-refractivity contribution in [3.05, 3.63) is 157 Å². The molecule has 9 rings (SSSR count). The number of rotatable bonds is 3. The molecule has 0 fully saturated rings. The van der Waals surface area contributed by atoms with Crippen molar-refractivity contribution in [3.63, 3.8) is 0 Å². The van der Waals surface area contributed by atoms with Gasteiger partial charge in [0.2, 0.25) is 0 Å². The lowest BCUT2D eigenvalue weighted by Gasteiger charge is -2.19. The zero-order chi connectivity index (χ0) is 28.3. The van der Waals surface area contributed by atoms with Gasteiger partial charge >= 0.3 is 0 Å². The van der Waals surface area contributed by atoms with Crippen LogP contribution >= 0.6 is 0 Å². The van der Waals surface area contributed by atoms with Crippen LogP contribution < -0.4 is 4.74 Å². The number of pyridine rings is 2. The molecule has 5 aromatic carbocycles. The van der Waals surface area contributed by atoms with Gasteiger partial charge < -0.3 is 4.74 Å². The van der Waals surface area contributed by atoms with Crippen molar-refractivity contribution in [2.75, 3.05) is 0 Å². The molecule has 3 heterocycles. The van der Waals surface area contributed by atoms with E-state index in [9.17, 15) is 0 Å². The molecule has 2 atom stereocenters. The Hall–Kier alpha value is -5.54. The smallest absolute Gasteiger partial charge is 0.128 e. The van der Waals surface area contributed by atoms with Gasteiger partial charge in [-0.15, -0.1) is 0 Å².